The number of aliphatic hydroxyl groups is 1. The molecule has 0 saturated heterocycles. The maximum Gasteiger partial charge on any atom is 0.255 e. The molecule has 1 N–H and O–H groups in total. The summed E-state index contributed by atoms with van der Waals surface area (Å²) >= 11 is 0. The van der Waals surface area contributed by atoms with Gasteiger partial charge in [0.05, 0.1) is 5.92 Å². The lowest BCUT2D eigenvalue weighted by molar-refractivity contribution is -0.542. The monoisotopic (exact) mass is 275 g/mol. The van der Waals surface area contributed by atoms with E-state index in [1.807, 2.05) is 31.2 Å². The van der Waals surface area contributed by atoms with Crippen molar-refractivity contribution in [1.29, 1.82) is 0 Å². The number of hydrogen-bond donors (Lipinski definition) is 1. The smallest absolute Gasteiger partial charge is 0.255 e. The predicted molar refractivity (Wildman–Crippen MR) is 72.0 cm³/mol. The van der Waals surface area contributed by atoms with Crippen LogP contribution in [0, 0.1) is 23.0 Å². The SMILES string of the molecule is Cc1ccc([C@H]2[C@@H]3CCC[C@@](O)(C3=O)[C@H]2[N+](=O)[O-])cc1. The van der Waals surface area contributed by atoms with Crippen LogP contribution in [-0.2, 0) is 4.79 Å². The van der Waals surface area contributed by atoms with E-state index in [1.54, 1.807) is 0 Å². The molecule has 0 radical (unpaired) electrons. The Balaban J connectivity index is 2.10. The molecule has 0 aliphatic heterocycles. The number of fused-ring (bicyclic) bond motifs is 2. The van der Waals surface area contributed by atoms with Gasteiger partial charge in [-0.2, -0.15) is 0 Å². The second-order valence-electron chi connectivity index (χ2n) is 5.95. The Kier molecular flexibility index (Phi) is 2.90. The maximum absolute atomic E-state index is 12.3. The lowest BCUT2D eigenvalue weighted by Crippen LogP contribution is -2.49. The minimum atomic E-state index is -1.78. The molecule has 1 aromatic carbocycles. The first-order valence-electron chi connectivity index (χ1n) is 6.92. The summed E-state index contributed by atoms with van der Waals surface area (Å²) in [4.78, 5) is 23.3. The van der Waals surface area contributed by atoms with E-state index >= 15 is 0 Å². The van der Waals surface area contributed by atoms with Gasteiger partial charge >= 0.3 is 0 Å². The molecule has 0 unspecified atom stereocenters. The van der Waals surface area contributed by atoms with Gasteiger partial charge in [-0.25, -0.2) is 0 Å². The third-order valence-electron chi connectivity index (χ3n) is 4.79. The standard InChI is InChI=1S/C15H17NO4/c1-9-4-6-10(7-5-9)12-11-3-2-8-15(18,14(11)17)13(12)16(19)20/h4-7,11-13,18H,2-3,8H2,1H3/t11-,12-,13-,15-/m0/s1. The number of rotatable bonds is 2. The minimum absolute atomic E-state index is 0.205. The van der Waals surface area contributed by atoms with Gasteiger partial charge in [0.15, 0.2) is 11.4 Å². The molecular formula is C15H17NO4. The molecule has 20 heavy (non-hydrogen) atoms. The van der Waals surface area contributed by atoms with E-state index in [0.717, 1.165) is 11.1 Å². The Morgan fingerprint density at radius 2 is 2.00 bits per heavy atom. The van der Waals surface area contributed by atoms with Crippen LogP contribution in [0.1, 0.15) is 36.3 Å². The molecular weight excluding hydrogens is 258 g/mol. The molecule has 2 aliphatic carbocycles. The topological polar surface area (TPSA) is 80.4 Å². The highest BCUT2D eigenvalue weighted by atomic mass is 16.6. The van der Waals surface area contributed by atoms with E-state index in [0.29, 0.717) is 12.8 Å². The van der Waals surface area contributed by atoms with Crippen LogP contribution in [0.2, 0.25) is 0 Å². The summed E-state index contributed by atoms with van der Waals surface area (Å²) in [5, 5.41) is 22.0. The molecule has 2 fully saturated rings. The molecule has 0 amide bonds. The van der Waals surface area contributed by atoms with Crippen LogP contribution in [0.3, 0.4) is 0 Å². The third-order valence-corrected chi connectivity index (χ3v) is 4.79. The quantitative estimate of drug-likeness (QED) is 0.659. The fraction of sp³-hybridized carbons (Fsp3) is 0.533. The van der Waals surface area contributed by atoms with E-state index in [4.69, 9.17) is 0 Å². The highest BCUT2D eigenvalue weighted by molar-refractivity contribution is 5.94. The van der Waals surface area contributed by atoms with Gasteiger partial charge in [-0.1, -0.05) is 29.8 Å². The number of carbonyl (C=O) groups is 1. The fourth-order valence-corrected chi connectivity index (χ4v) is 3.83. The second-order valence-corrected chi connectivity index (χ2v) is 5.95. The summed E-state index contributed by atoms with van der Waals surface area (Å²) in [5.41, 5.74) is 0.0768. The van der Waals surface area contributed by atoms with E-state index in [-0.39, 0.29) is 12.2 Å². The van der Waals surface area contributed by atoms with Crippen molar-refractivity contribution in [2.45, 2.75) is 43.7 Å². The van der Waals surface area contributed by atoms with Crippen LogP contribution < -0.4 is 0 Å². The summed E-state index contributed by atoms with van der Waals surface area (Å²) in [6.07, 6.45) is 1.50. The molecule has 2 aliphatic rings. The molecule has 4 atom stereocenters. The van der Waals surface area contributed by atoms with E-state index in [2.05, 4.69) is 0 Å². The molecule has 0 spiro atoms. The second kappa shape index (κ2) is 4.38. The largest absolute Gasteiger partial charge is 0.376 e. The van der Waals surface area contributed by atoms with Crippen molar-refractivity contribution in [2.75, 3.05) is 0 Å². The number of carbonyl (C=O) groups excluding carboxylic acids is 1. The van der Waals surface area contributed by atoms with Gasteiger partial charge in [-0.15, -0.1) is 0 Å². The molecule has 3 rings (SSSR count). The summed E-state index contributed by atoms with van der Waals surface area (Å²) in [7, 11) is 0. The maximum atomic E-state index is 12.3. The lowest BCUT2D eigenvalue weighted by atomic mass is 9.82. The third kappa shape index (κ3) is 1.69. The van der Waals surface area contributed by atoms with Gasteiger partial charge in [0.2, 0.25) is 0 Å². The van der Waals surface area contributed by atoms with Crippen LogP contribution in [0.5, 0.6) is 0 Å². The van der Waals surface area contributed by atoms with Gasteiger partial charge in [-0.3, -0.25) is 14.9 Å². The summed E-state index contributed by atoms with van der Waals surface area (Å²) in [5.74, 6) is -1.27. The Labute approximate surface area is 116 Å². The zero-order valence-electron chi connectivity index (χ0n) is 11.3. The van der Waals surface area contributed by atoms with Crippen LogP contribution in [0.25, 0.3) is 0 Å². The Morgan fingerprint density at radius 1 is 1.35 bits per heavy atom. The number of benzene rings is 1. The number of Topliss-reactive ketones (excluding diaryl/α,β-unsaturated/α-hetero) is 1. The van der Waals surface area contributed by atoms with Crippen molar-refractivity contribution in [3.63, 3.8) is 0 Å². The van der Waals surface area contributed by atoms with Gasteiger partial charge in [0.1, 0.15) is 0 Å². The number of ketones is 1. The van der Waals surface area contributed by atoms with Gasteiger partial charge in [-0.05, 0) is 31.7 Å². The first-order valence-corrected chi connectivity index (χ1v) is 6.92. The van der Waals surface area contributed by atoms with Gasteiger partial charge in [0, 0.05) is 10.8 Å². The highest BCUT2D eigenvalue weighted by Crippen LogP contribution is 2.51. The van der Waals surface area contributed by atoms with Crippen molar-refractivity contribution in [3.8, 4) is 0 Å². The lowest BCUT2D eigenvalue weighted by Gasteiger charge is -2.25. The number of aryl methyl sites for hydroxylation is 1. The molecule has 0 aromatic heterocycles. The zero-order chi connectivity index (χ0) is 14.5. The fourth-order valence-electron chi connectivity index (χ4n) is 3.83. The average Bonchev–Trinajstić information content (AvgIpc) is 2.54. The minimum Gasteiger partial charge on any atom is -0.376 e. The first kappa shape index (κ1) is 13.2. The predicted octanol–water partition coefficient (Wildman–Crippen LogP) is 1.84. The van der Waals surface area contributed by atoms with Crippen molar-refractivity contribution >= 4 is 5.78 Å². The molecule has 5 heteroatoms. The number of nitrogens with zero attached hydrogens (tertiary/aromatic N) is 1. The van der Waals surface area contributed by atoms with E-state index in [9.17, 15) is 20.0 Å². The molecule has 106 valence electrons. The highest BCUT2D eigenvalue weighted by Gasteiger charge is 2.67. The van der Waals surface area contributed by atoms with Crippen LogP contribution in [0.15, 0.2) is 24.3 Å². The van der Waals surface area contributed by atoms with Gasteiger partial charge < -0.3 is 5.11 Å². The van der Waals surface area contributed by atoms with Crippen molar-refractivity contribution in [3.05, 3.63) is 45.5 Å². The van der Waals surface area contributed by atoms with Crippen molar-refractivity contribution in [1.82, 2.24) is 0 Å². The first-order chi connectivity index (χ1) is 9.45. The number of nitro groups is 1. The Morgan fingerprint density at radius 3 is 2.60 bits per heavy atom. The van der Waals surface area contributed by atoms with Crippen LogP contribution >= 0.6 is 0 Å². The van der Waals surface area contributed by atoms with Crippen molar-refractivity contribution in [2.24, 2.45) is 5.92 Å². The van der Waals surface area contributed by atoms with E-state index in [1.165, 1.54) is 0 Å². The molecule has 2 bridgehead atoms. The number of hydrogen-bond acceptors (Lipinski definition) is 4. The summed E-state index contributed by atoms with van der Waals surface area (Å²) in [6.45, 7) is 1.94. The van der Waals surface area contributed by atoms with Crippen LogP contribution in [-0.4, -0.2) is 27.5 Å². The molecule has 5 nitrogen and oxygen atoms in total. The summed E-state index contributed by atoms with van der Waals surface area (Å²) in [6, 6.07) is 6.25. The molecule has 0 heterocycles. The Bertz CT molecular complexity index is 568. The van der Waals surface area contributed by atoms with Gasteiger partial charge in [0.25, 0.3) is 6.04 Å². The summed E-state index contributed by atoms with van der Waals surface area (Å²) < 4.78 is 0. The van der Waals surface area contributed by atoms with E-state index < -0.39 is 28.4 Å². The van der Waals surface area contributed by atoms with Crippen molar-refractivity contribution < 1.29 is 14.8 Å². The molecule has 1 aromatic rings. The zero-order valence-corrected chi connectivity index (χ0v) is 11.3. The molecule has 2 saturated carbocycles. The average molecular weight is 275 g/mol. The normalized spacial score (nSPS) is 36.1. The Hall–Kier alpha value is -1.75. The van der Waals surface area contributed by atoms with Crippen LogP contribution in [0.4, 0.5) is 0 Å².